The van der Waals surface area contributed by atoms with Gasteiger partial charge in [-0.1, -0.05) is 129 Å². The maximum Gasteiger partial charge on any atom is 0.219 e. The van der Waals surface area contributed by atoms with Crippen LogP contribution in [0.4, 0.5) is 0 Å². The van der Waals surface area contributed by atoms with Gasteiger partial charge in [-0.05, 0) is 32.9 Å². The fraction of sp³-hybridized carbons (Fsp3) is 0.931. The van der Waals surface area contributed by atoms with Crippen LogP contribution in [0.15, 0.2) is 0 Å². The van der Waals surface area contributed by atoms with Gasteiger partial charge in [0.15, 0.2) is 0 Å². The van der Waals surface area contributed by atoms with Gasteiger partial charge in [-0.3, -0.25) is 14.5 Å². The van der Waals surface area contributed by atoms with Crippen molar-refractivity contribution in [1.29, 1.82) is 0 Å². The van der Waals surface area contributed by atoms with Crippen molar-refractivity contribution in [3.8, 4) is 0 Å². The number of rotatable bonds is 26. The first-order chi connectivity index (χ1) is 16.0. The molecule has 0 aromatic rings. The molecule has 0 saturated heterocycles. The van der Waals surface area contributed by atoms with Crippen molar-refractivity contribution in [3.05, 3.63) is 0 Å². The molecule has 0 radical (unpaired) electrons. The summed E-state index contributed by atoms with van der Waals surface area (Å²) >= 11 is 0. The lowest BCUT2D eigenvalue weighted by Crippen LogP contribution is -2.43. The molecule has 0 aliphatic carbocycles. The average molecular weight is 467 g/mol. The number of nitrogens with zero attached hydrogens (tertiary/aromatic N) is 1. The van der Waals surface area contributed by atoms with Crippen LogP contribution < -0.4 is 5.73 Å². The Balaban J connectivity index is 4.14. The minimum atomic E-state index is -0.369. The molecule has 0 spiro atoms. The number of hydrogen-bond acceptors (Lipinski definition) is 3. The fourth-order valence-corrected chi connectivity index (χ4v) is 4.75. The maximum atomic E-state index is 12.2. The van der Waals surface area contributed by atoms with Crippen molar-refractivity contribution in [3.63, 3.8) is 0 Å². The number of unbranched alkanes of at least 4 members (excludes halogenated alkanes) is 18. The average Bonchev–Trinajstić information content (AvgIpc) is 2.78. The predicted octanol–water partition coefficient (Wildman–Crippen LogP) is 7.96. The number of nitrogens with two attached hydrogens (primary N) is 1. The van der Waals surface area contributed by atoms with Crippen LogP contribution in [0, 0.1) is 0 Å². The molecule has 33 heavy (non-hydrogen) atoms. The summed E-state index contributed by atoms with van der Waals surface area (Å²) in [4.78, 5) is 26.0. The molecule has 1 atom stereocenters. The lowest BCUT2D eigenvalue weighted by Gasteiger charge is -2.29. The van der Waals surface area contributed by atoms with Gasteiger partial charge < -0.3 is 5.73 Å². The Morgan fingerprint density at radius 1 is 0.576 bits per heavy atom. The van der Waals surface area contributed by atoms with E-state index in [4.69, 9.17) is 5.73 Å². The highest BCUT2D eigenvalue weighted by Gasteiger charge is 2.24. The lowest BCUT2D eigenvalue weighted by atomic mass is 10.0. The van der Waals surface area contributed by atoms with Gasteiger partial charge >= 0.3 is 0 Å². The highest BCUT2D eigenvalue weighted by atomic mass is 16.1. The highest BCUT2D eigenvalue weighted by Crippen LogP contribution is 2.15. The summed E-state index contributed by atoms with van der Waals surface area (Å²) in [6.07, 6.45) is 26.3. The van der Waals surface area contributed by atoms with E-state index in [9.17, 15) is 9.59 Å². The summed E-state index contributed by atoms with van der Waals surface area (Å²) in [5.41, 5.74) is 5.46. The van der Waals surface area contributed by atoms with Crippen molar-refractivity contribution < 1.29 is 9.59 Å². The molecule has 0 saturated carbocycles. The van der Waals surface area contributed by atoms with E-state index in [1.54, 1.807) is 6.92 Å². The molecule has 0 bridgehead atoms. The monoisotopic (exact) mass is 466 g/mol. The Bertz CT molecular complexity index is 429. The SMILES string of the molecule is CCCCCCCCCCCCN(CCCCCCCCCCCC)C(CC(N)=O)C(C)=O. The molecular weight excluding hydrogens is 408 g/mol. The van der Waals surface area contributed by atoms with Crippen molar-refractivity contribution in [2.75, 3.05) is 13.1 Å². The third-order valence-corrected chi connectivity index (χ3v) is 6.90. The molecule has 1 amide bonds. The zero-order chi connectivity index (χ0) is 24.6. The molecule has 2 N–H and O–H groups in total. The largest absolute Gasteiger partial charge is 0.370 e. The molecule has 0 aromatic carbocycles. The number of ketones is 1. The maximum absolute atomic E-state index is 12.2. The Kier molecular flexibility index (Phi) is 23.6. The highest BCUT2D eigenvalue weighted by molar-refractivity contribution is 5.87. The number of Topliss-reactive ketones (excluding diaryl/α,β-unsaturated/α-hetero) is 1. The van der Waals surface area contributed by atoms with E-state index in [-0.39, 0.29) is 24.2 Å². The molecule has 196 valence electrons. The van der Waals surface area contributed by atoms with E-state index in [0.29, 0.717) is 0 Å². The number of amides is 1. The second kappa shape index (κ2) is 24.2. The Hall–Kier alpha value is -0.900. The predicted molar refractivity (Wildman–Crippen MR) is 144 cm³/mol. The molecule has 0 rings (SSSR count). The van der Waals surface area contributed by atoms with Crippen LogP contribution in [0.2, 0.25) is 0 Å². The van der Waals surface area contributed by atoms with Gasteiger partial charge in [0.25, 0.3) is 0 Å². The van der Waals surface area contributed by atoms with Gasteiger partial charge in [0, 0.05) is 6.42 Å². The molecule has 0 fully saturated rings. The van der Waals surface area contributed by atoms with Gasteiger partial charge in [-0.25, -0.2) is 0 Å². The smallest absolute Gasteiger partial charge is 0.219 e. The van der Waals surface area contributed by atoms with Gasteiger partial charge in [-0.2, -0.15) is 0 Å². The third-order valence-electron chi connectivity index (χ3n) is 6.90. The number of primary amides is 1. The molecule has 0 aliphatic heterocycles. The zero-order valence-electron chi connectivity index (χ0n) is 22.7. The van der Waals surface area contributed by atoms with Crippen LogP contribution in [0.3, 0.4) is 0 Å². The summed E-state index contributed by atoms with van der Waals surface area (Å²) in [7, 11) is 0. The minimum absolute atomic E-state index is 0.0768. The van der Waals surface area contributed by atoms with Crippen molar-refractivity contribution in [2.45, 2.75) is 162 Å². The topological polar surface area (TPSA) is 63.4 Å². The standard InChI is InChI=1S/C29H58N2O2/c1-4-6-8-10-12-14-16-18-20-22-24-31(28(27(3)32)26-29(30)33)25-23-21-19-17-15-13-11-9-7-5-2/h28H,4-26H2,1-3H3,(H2,30,33). The minimum Gasteiger partial charge on any atom is -0.370 e. The van der Waals surface area contributed by atoms with Crippen LogP contribution in [0.25, 0.3) is 0 Å². The molecular formula is C29H58N2O2. The van der Waals surface area contributed by atoms with Crippen LogP contribution in [-0.2, 0) is 9.59 Å². The van der Waals surface area contributed by atoms with E-state index in [1.165, 1.54) is 116 Å². The molecule has 1 unspecified atom stereocenters. The van der Waals surface area contributed by atoms with Crippen LogP contribution in [0.1, 0.15) is 156 Å². The quantitative estimate of drug-likeness (QED) is 0.131. The van der Waals surface area contributed by atoms with Gasteiger partial charge in [-0.15, -0.1) is 0 Å². The van der Waals surface area contributed by atoms with Crippen LogP contribution in [-0.4, -0.2) is 35.7 Å². The zero-order valence-corrected chi connectivity index (χ0v) is 22.7. The van der Waals surface area contributed by atoms with E-state index >= 15 is 0 Å². The second-order valence-corrected chi connectivity index (χ2v) is 10.2. The number of carbonyl (C=O) groups is 2. The van der Waals surface area contributed by atoms with E-state index < -0.39 is 0 Å². The lowest BCUT2D eigenvalue weighted by molar-refractivity contribution is -0.127. The van der Waals surface area contributed by atoms with E-state index in [1.807, 2.05) is 0 Å². The normalized spacial score (nSPS) is 12.4. The van der Waals surface area contributed by atoms with Crippen LogP contribution in [0.5, 0.6) is 0 Å². The third kappa shape index (κ3) is 21.4. The Morgan fingerprint density at radius 3 is 1.15 bits per heavy atom. The molecule has 0 heterocycles. The van der Waals surface area contributed by atoms with Crippen molar-refractivity contribution >= 4 is 11.7 Å². The Labute approximate surface area is 206 Å². The first-order valence-corrected chi connectivity index (χ1v) is 14.6. The molecule has 0 aliphatic rings. The Morgan fingerprint density at radius 2 is 0.879 bits per heavy atom. The number of carbonyl (C=O) groups excluding carboxylic acids is 2. The molecule has 4 nitrogen and oxygen atoms in total. The molecule has 4 heteroatoms. The van der Waals surface area contributed by atoms with Gasteiger partial charge in [0.05, 0.1) is 6.04 Å². The first-order valence-electron chi connectivity index (χ1n) is 14.6. The van der Waals surface area contributed by atoms with Crippen molar-refractivity contribution in [1.82, 2.24) is 4.90 Å². The van der Waals surface area contributed by atoms with Gasteiger partial charge in [0.2, 0.25) is 5.91 Å². The number of hydrogen-bond donors (Lipinski definition) is 1. The summed E-state index contributed by atoms with van der Waals surface area (Å²) in [6, 6.07) is -0.334. The summed E-state index contributed by atoms with van der Waals surface area (Å²) in [5.74, 6) is -0.292. The van der Waals surface area contributed by atoms with Gasteiger partial charge in [0.1, 0.15) is 5.78 Å². The fourth-order valence-electron chi connectivity index (χ4n) is 4.75. The second-order valence-electron chi connectivity index (χ2n) is 10.2. The summed E-state index contributed by atoms with van der Waals surface area (Å²) in [6.45, 7) is 7.95. The van der Waals surface area contributed by atoms with E-state index in [0.717, 1.165) is 25.9 Å². The summed E-state index contributed by atoms with van der Waals surface area (Å²) in [5, 5.41) is 0. The first kappa shape index (κ1) is 32.1. The van der Waals surface area contributed by atoms with Crippen LogP contribution >= 0.6 is 0 Å². The van der Waals surface area contributed by atoms with Crippen molar-refractivity contribution in [2.24, 2.45) is 5.73 Å². The van der Waals surface area contributed by atoms with E-state index in [2.05, 4.69) is 18.7 Å². The molecule has 0 aromatic heterocycles. The summed E-state index contributed by atoms with van der Waals surface area (Å²) < 4.78 is 0.